The standard InChI is InChI=1S/C26H32FN3O4/c1-4-17(2)28-25(32)23(29-24(31)19-8-10-22(34-3)11-9-19)18-12-14-30(15-13-18)26(33)20-6-5-7-21(27)16-20/h5-11,16-18,23H,4,12-15H2,1-3H3,(H,28,32)(H,29,31)/t17-,23+/m0/s1. The highest BCUT2D eigenvalue weighted by atomic mass is 19.1. The third-order valence-electron chi connectivity index (χ3n) is 6.29. The highest BCUT2D eigenvalue weighted by Crippen LogP contribution is 2.23. The van der Waals surface area contributed by atoms with Crippen LogP contribution in [0.1, 0.15) is 53.8 Å². The molecule has 0 bridgehead atoms. The van der Waals surface area contributed by atoms with Crippen molar-refractivity contribution < 1.29 is 23.5 Å². The molecule has 2 atom stereocenters. The molecule has 0 radical (unpaired) electrons. The van der Waals surface area contributed by atoms with E-state index in [1.807, 2.05) is 13.8 Å². The summed E-state index contributed by atoms with van der Waals surface area (Å²) in [6.45, 7) is 4.74. The van der Waals surface area contributed by atoms with Crippen LogP contribution in [0.15, 0.2) is 48.5 Å². The monoisotopic (exact) mass is 469 g/mol. The van der Waals surface area contributed by atoms with E-state index in [-0.39, 0.29) is 29.7 Å². The molecule has 0 aliphatic carbocycles. The Balaban J connectivity index is 1.70. The van der Waals surface area contributed by atoms with E-state index in [9.17, 15) is 18.8 Å². The average molecular weight is 470 g/mol. The number of hydrogen-bond acceptors (Lipinski definition) is 4. The molecule has 1 aliphatic heterocycles. The fourth-order valence-corrected chi connectivity index (χ4v) is 4.04. The summed E-state index contributed by atoms with van der Waals surface area (Å²) in [6, 6.07) is 11.6. The molecule has 0 aromatic heterocycles. The van der Waals surface area contributed by atoms with E-state index < -0.39 is 11.9 Å². The molecule has 34 heavy (non-hydrogen) atoms. The van der Waals surface area contributed by atoms with Crippen LogP contribution in [0.3, 0.4) is 0 Å². The maximum absolute atomic E-state index is 13.5. The summed E-state index contributed by atoms with van der Waals surface area (Å²) in [6.07, 6.45) is 1.86. The van der Waals surface area contributed by atoms with Crippen LogP contribution in [0.2, 0.25) is 0 Å². The van der Waals surface area contributed by atoms with E-state index in [2.05, 4.69) is 10.6 Å². The minimum atomic E-state index is -0.727. The van der Waals surface area contributed by atoms with E-state index >= 15 is 0 Å². The lowest BCUT2D eigenvalue weighted by Gasteiger charge is -2.36. The lowest BCUT2D eigenvalue weighted by molar-refractivity contribution is -0.125. The zero-order valence-corrected chi connectivity index (χ0v) is 19.8. The second-order valence-electron chi connectivity index (χ2n) is 8.64. The van der Waals surface area contributed by atoms with Gasteiger partial charge >= 0.3 is 0 Å². The lowest BCUT2D eigenvalue weighted by atomic mass is 9.88. The van der Waals surface area contributed by atoms with Gasteiger partial charge in [0.25, 0.3) is 11.8 Å². The number of amides is 3. The Labute approximate surface area is 199 Å². The van der Waals surface area contributed by atoms with Crippen LogP contribution < -0.4 is 15.4 Å². The van der Waals surface area contributed by atoms with Crippen molar-refractivity contribution >= 4 is 17.7 Å². The molecule has 1 aliphatic rings. The van der Waals surface area contributed by atoms with Crippen LogP contribution in [-0.2, 0) is 4.79 Å². The number of benzene rings is 2. The van der Waals surface area contributed by atoms with Gasteiger partial charge in [-0.2, -0.15) is 0 Å². The van der Waals surface area contributed by atoms with Gasteiger partial charge in [0.2, 0.25) is 5.91 Å². The summed E-state index contributed by atoms with van der Waals surface area (Å²) in [5, 5.41) is 5.88. The van der Waals surface area contributed by atoms with Gasteiger partial charge in [0.15, 0.2) is 0 Å². The van der Waals surface area contributed by atoms with Crippen LogP contribution in [0.5, 0.6) is 5.75 Å². The molecule has 1 saturated heterocycles. The predicted molar refractivity (Wildman–Crippen MR) is 127 cm³/mol. The van der Waals surface area contributed by atoms with Gasteiger partial charge in [-0.3, -0.25) is 14.4 Å². The van der Waals surface area contributed by atoms with E-state index in [1.54, 1.807) is 42.3 Å². The Morgan fingerprint density at radius 3 is 2.32 bits per heavy atom. The highest BCUT2D eigenvalue weighted by molar-refractivity contribution is 5.98. The van der Waals surface area contributed by atoms with E-state index in [1.165, 1.54) is 18.2 Å². The maximum Gasteiger partial charge on any atom is 0.253 e. The van der Waals surface area contributed by atoms with Gasteiger partial charge in [-0.25, -0.2) is 4.39 Å². The molecule has 8 heteroatoms. The highest BCUT2D eigenvalue weighted by Gasteiger charge is 2.34. The van der Waals surface area contributed by atoms with Gasteiger partial charge in [-0.15, -0.1) is 0 Å². The number of likely N-dealkylation sites (tertiary alicyclic amines) is 1. The average Bonchev–Trinajstić information content (AvgIpc) is 2.86. The minimum Gasteiger partial charge on any atom is -0.497 e. The quantitative estimate of drug-likeness (QED) is 0.620. The van der Waals surface area contributed by atoms with Gasteiger partial charge in [0.1, 0.15) is 17.6 Å². The van der Waals surface area contributed by atoms with Crippen LogP contribution in [0.25, 0.3) is 0 Å². The van der Waals surface area contributed by atoms with Gasteiger partial charge in [0.05, 0.1) is 7.11 Å². The first-order valence-corrected chi connectivity index (χ1v) is 11.6. The second kappa shape index (κ2) is 11.6. The van der Waals surface area contributed by atoms with Crippen molar-refractivity contribution in [3.05, 3.63) is 65.5 Å². The fraction of sp³-hybridized carbons (Fsp3) is 0.423. The zero-order valence-electron chi connectivity index (χ0n) is 19.8. The van der Waals surface area contributed by atoms with Crippen molar-refractivity contribution in [1.29, 1.82) is 0 Å². The third-order valence-corrected chi connectivity index (χ3v) is 6.29. The largest absolute Gasteiger partial charge is 0.497 e. The number of halogens is 1. The Morgan fingerprint density at radius 1 is 1.06 bits per heavy atom. The smallest absolute Gasteiger partial charge is 0.253 e. The molecule has 182 valence electrons. The van der Waals surface area contributed by atoms with Crippen LogP contribution in [-0.4, -0.2) is 54.9 Å². The summed E-state index contributed by atoms with van der Waals surface area (Å²) >= 11 is 0. The molecule has 0 spiro atoms. The van der Waals surface area contributed by atoms with Gasteiger partial charge in [0, 0.05) is 30.3 Å². The van der Waals surface area contributed by atoms with Crippen LogP contribution in [0, 0.1) is 11.7 Å². The van der Waals surface area contributed by atoms with Crippen molar-refractivity contribution in [3.63, 3.8) is 0 Å². The Hall–Kier alpha value is -3.42. The number of rotatable bonds is 8. The van der Waals surface area contributed by atoms with Crippen molar-refractivity contribution in [2.24, 2.45) is 5.92 Å². The number of carbonyl (C=O) groups excluding carboxylic acids is 3. The molecule has 3 rings (SSSR count). The number of piperidine rings is 1. The molecule has 2 aromatic rings. The number of methoxy groups -OCH3 is 1. The fourth-order valence-electron chi connectivity index (χ4n) is 4.04. The SMILES string of the molecule is CC[C@H](C)NC(=O)[C@H](NC(=O)c1ccc(OC)cc1)C1CCN(C(=O)c2cccc(F)c2)CC1. The number of hydrogen-bond donors (Lipinski definition) is 2. The number of nitrogens with zero attached hydrogens (tertiary/aromatic N) is 1. The molecule has 1 heterocycles. The number of carbonyl (C=O) groups is 3. The molecule has 1 fully saturated rings. The zero-order chi connectivity index (χ0) is 24.7. The first kappa shape index (κ1) is 25.2. The van der Waals surface area contributed by atoms with Crippen molar-refractivity contribution in [1.82, 2.24) is 15.5 Å². The van der Waals surface area contributed by atoms with Crippen LogP contribution in [0.4, 0.5) is 4.39 Å². The van der Waals surface area contributed by atoms with E-state index in [0.717, 1.165) is 6.42 Å². The molecule has 3 amide bonds. The first-order valence-electron chi connectivity index (χ1n) is 11.6. The maximum atomic E-state index is 13.5. The molecule has 2 aromatic carbocycles. The Kier molecular flexibility index (Phi) is 8.62. The molecular weight excluding hydrogens is 437 g/mol. The Morgan fingerprint density at radius 2 is 1.74 bits per heavy atom. The normalized spacial score (nSPS) is 15.8. The second-order valence-corrected chi connectivity index (χ2v) is 8.64. The molecule has 0 unspecified atom stereocenters. The molecule has 7 nitrogen and oxygen atoms in total. The van der Waals surface area contributed by atoms with Crippen molar-refractivity contribution in [2.75, 3.05) is 20.2 Å². The van der Waals surface area contributed by atoms with Crippen molar-refractivity contribution in [2.45, 2.75) is 45.2 Å². The summed E-state index contributed by atoms with van der Waals surface area (Å²) in [4.78, 5) is 40.4. The summed E-state index contributed by atoms with van der Waals surface area (Å²) in [5.74, 6) is -0.762. The number of ether oxygens (including phenoxy) is 1. The van der Waals surface area contributed by atoms with Gasteiger partial charge in [-0.05, 0) is 74.6 Å². The predicted octanol–water partition coefficient (Wildman–Crippen LogP) is 3.40. The number of nitrogens with one attached hydrogen (secondary N) is 2. The summed E-state index contributed by atoms with van der Waals surface area (Å²) in [7, 11) is 1.55. The first-order chi connectivity index (χ1) is 16.3. The lowest BCUT2D eigenvalue weighted by Crippen LogP contribution is -2.55. The minimum absolute atomic E-state index is 0.0254. The molecular formula is C26H32FN3O4. The van der Waals surface area contributed by atoms with E-state index in [0.29, 0.717) is 42.8 Å². The Bertz CT molecular complexity index is 1000. The third kappa shape index (κ3) is 6.34. The topological polar surface area (TPSA) is 87.7 Å². The molecule has 0 saturated carbocycles. The summed E-state index contributed by atoms with van der Waals surface area (Å²) in [5.41, 5.74) is 0.734. The van der Waals surface area contributed by atoms with E-state index in [4.69, 9.17) is 4.74 Å². The van der Waals surface area contributed by atoms with Crippen molar-refractivity contribution in [3.8, 4) is 5.75 Å². The molecule has 2 N–H and O–H groups in total. The van der Waals surface area contributed by atoms with Crippen LogP contribution >= 0.6 is 0 Å². The van der Waals surface area contributed by atoms with Gasteiger partial charge < -0.3 is 20.3 Å². The van der Waals surface area contributed by atoms with Gasteiger partial charge in [-0.1, -0.05) is 13.0 Å². The summed E-state index contributed by atoms with van der Waals surface area (Å²) < 4.78 is 18.7.